The van der Waals surface area contributed by atoms with Crippen LogP contribution in [0.15, 0.2) is 7.70 Å². The van der Waals surface area contributed by atoms with Crippen molar-refractivity contribution in [3.63, 3.8) is 0 Å². The fourth-order valence-electron chi connectivity index (χ4n) is 0.634. The molecule has 0 saturated heterocycles. The molecule has 0 amide bonds. The van der Waals surface area contributed by atoms with Crippen molar-refractivity contribution in [3.8, 4) is 6.07 Å². The molecule has 0 N–H and O–H groups in total. The summed E-state index contributed by atoms with van der Waals surface area (Å²) >= 11 is 8.17. The van der Waals surface area contributed by atoms with Crippen molar-refractivity contribution in [2.24, 2.45) is 0 Å². The van der Waals surface area contributed by atoms with E-state index in [2.05, 4.69) is 42.9 Å². The third-order valence-corrected chi connectivity index (χ3v) is 3.38. The van der Waals surface area contributed by atoms with Crippen molar-refractivity contribution < 1.29 is 0 Å². The molecule has 0 aliphatic heterocycles. The first kappa shape index (κ1) is 9.17. The molecule has 0 spiro atoms. The smallest absolute Gasteiger partial charge is 0.160 e. The van der Waals surface area contributed by atoms with Crippen LogP contribution in [0.2, 0.25) is 0 Å². The Hall–Kier alpha value is 0.0800. The number of nitriles is 1. The minimum absolute atomic E-state index is 0.523. The molecule has 1 rings (SSSR count). The zero-order chi connectivity index (χ0) is 8.27. The van der Waals surface area contributed by atoms with Gasteiger partial charge in [-0.15, -0.1) is 0 Å². The molecule has 0 atom stereocenters. The van der Waals surface area contributed by atoms with Crippen LogP contribution in [0.5, 0.6) is 0 Å². The number of aryl methyl sites for hydroxylation is 1. The molecule has 1 aromatic heterocycles. The van der Waals surface area contributed by atoms with Crippen LogP contribution < -0.4 is 0 Å². The molecule has 0 aromatic carbocycles. The van der Waals surface area contributed by atoms with Crippen molar-refractivity contribution in [1.29, 1.82) is 5.26 Å². The Morgan fingerprint density at radius 3 is 2.73 bits per heavy atom. The van der Waals surface area contributed by atoms with Crippen LogP contribution in [0.1, 0.15) is 12.1 Å². The highest BCUT2D eigenvalue weighted by Gasteiger charge is 2.05. The van der Waals surface area contributed by atoms with E-state index >= 15 is 0 Å². The monoisotopic (exact) mass is 294 g/mol. The van der Waals surface area contributed by atoms with Crippen molar-refractivity contribution in [2.45, 2.75) is 12.8 Å². The maximum Gasteiger partial charge on any atom is 0.160 e. The minimum atomic E-state index is 0.523. The quantitative estimate of drug-likeness (QED) is 0.840. The zero-order valence-electron chi connectivity index (χ0n) is 5.47. The summed E-state index contributed by atoms with van der Waals surface area (Å²) in [5, 5.41) is 8.32. The lowest BCUT2D eigenvalue weighted by Gasteiger charge is -1.87. The molecule has 1 heterocycles. The second-order valence-electron chi connectivity index (χ2n) is 1.85. The topological polar surface area (TPSA) is 36.7 Å². The van der Waals surface area contributed by atoms with Crippen molar-refractivity contribution in [1.82, 2.24) is 4.98 Å². The summed E-state index contributed by atoms with van der Waals surface area (Å²) < 4.78 is 1.87. The van der Waals surface area contributed by atoms with Gasteiger partial charge in [-0.2, -0.15) is 5.26 Å². The summed E-state index contributed by atoms with van der Waals surface area (Å²) in [5.74, 6) is 0. The van der Waals surface area contributed by atoms with E-state index in [4.69, 9.17) is 5.26 Å². The Morgan fingerprint density at radius 2 is 2.27 bits per heavy atom. The number of hydrogen-bond acceptors (Lipinski definition) is 3. The maximum atomic E-state index is 8.32. The number of thiazole rings is 1. The summed E-state index contributed by atoms with van der Waals surface area (Å²) in [5.41, 5.74) is 0.962. The molecule has 1 aromatic rings. The molecule has 0 aliphatic rings. The van der Waals surface area contributed by atoms with Gasteiger partial charge in [0.25, 0.3) is 0 Å². The maximum absolute atomic E-state index is 8.32. The SMILES string of the molecule is N#CCCc1nc(Br)sc1Br. The highest BCUT2D eigenvalue weighted by Crippen LogP contribution is 2.28. The molecule has 2 nitrogen and oxygen atoms in total. The predicted octanol–water partition coefficient (Wildman–Crippen LogP) is 3.12. The van der Waals surface area contributed by atoms with Crippen LogP contribution in [-0.4, -0.2) is 4.98 Å². The van der Waals surface area contributed by atoms with E-state index in [1.807, 2.05) is 0 Å². The van der Waals surface area contributed by atoms with E-state index in [1.54, 1.807) is 0 Å². The highest BCUT2D eigenvalue weighted by molar-refractivity contribution is 9.12. The first-order chi connectivity index (χ1) is 5.24. The predicted molar refractivity (Wildman–Crippen MR) is 51.4 cm³/mol. The Morgan fingerprint density at radius 1 is 1.55 bits per heavy atom. The lowest BCUT2D eigenvalue weighted by atomic mass is 10.3. The van der Waals surface area contributed by atoms with Gasteiger partial charge in [-0.25, -0.2) is 4.98 Å². The van der Waals surface area contributed by atoms with Gasteiger partial charge < -0.3 is 0 Å². The number of rotatable bonds is 2. The average Bonchev–Trinajstić information content (AvgIpc) is 2.26. The van der Waals surface area contributed by atoms with Crippen LogP contribution in [0.25, 0.3) is 0 Å². The summed E-state index contributed by atoms with van der Waals surface area (Å²) in [6.07, 6.45) is 1.24. The molecule has 0 aliphatic carbocycles. The third-order valence-electron chi connectivity index (χ3n) is 1.10. The van der Waals surface area contributed by atoms with Gasteiger partial charge in [-0.1, -0.05) is 11.3 Å². The number of nitrogens with zero attached hydrogens (tertiary/aromatic N) is 2. The molecular formula is C6H4Br2N2S. The fourth-order valence-corrected chi connectivity index (χ4v) is 3.30. The van der Waals surface area contributed by atoms with Gasteiger partial charge in [-0.3, -0.25) is 0 Å². The Labute approximate surface area is 85.5 Å². The van der Waals surface area contributed by atoms with Gasteiger partial charge >= 0.3 is 0 Å². The number of halogens is 2. The first-order valence-electron chi connectivity index (χ1n) is 2.91. The van der Waals surface area contributed by atoms with Crippen LogP contribution in [0, 0.1) is 11.3 Å². The van der Waals surface area contributed by atoms with E-state index < -0.39 is 0 Å². The molecule has 11 heavy (non-hydrogen) atoms. The third kappa shape index (κ3) is 2.55. The largest absolute Gasteiger partial charge is 0.233 e. The van der Waals surface area contributed by atoms with Gasteiger partial charge in [0.15, 0.2) is 3.92 Å². The summed E-state index contributed by atoms with van der Waals surface area (Å²) in [7, 11) is 0. The van der Waals surface area contributed by atoms with Crippen LogP contribution in [-0.2, 0) is 6.42 Å². The molecular weight excluding hydrogens is 292 g/mol. The van der Waals surface area contributed by atoms with E-state index in [0.29, 0.717) is 6.42 Å². The van der Waals surface area contributed by atoms with E-state index in [1.165, 1.54) is 11.3 Å². The average molecular weight is 296 g/mol. The number of aromatic nitrogens is 1. The molecule has 58 valence electrons. The fraction of sp³-hybridized carbons (Fsp3) is 0.333. The second-order valence-corrected chi connectivity index (χ2v) is 5.44. The standard InChI is InChI=1S/C6H4Br2N2S/c7-5-4(2-1-3-9)10-6(8)11-5/h1-2H2. The van der Waals surface area contributed by atoms with Crippen LogP contribution in [0.4, 0.5) is 0 Å². The van der Waals surface area contributed by atoms with Crippen molar-refractivity contribution in [3.05, 3.63) is 13.4 Å². The minimum Gasteiger partial charge on any atom is -0.233 e. The van der Waals surface area contributed by atoms with Gasteiger partial charge in [0.1, 0.15) is 0 Å². The van der Waals surface area contributed by atoms with Gasteiger partial charge in [-0.05, 0) is 31.9 Å². The lowest BCUT2D eigenvalue weighted by molar-refractivity contribution is 0.957. The van der Waals surface area contributed by atoms with E-state index in [0.717, 1.165) is 19.8 Å². The molecule has 0 fully saturated rings. The molecule has 0 saturated carbocycles. The Balaban J connectivity index is 2.71. The van der Waals surface area contributed by atoms with Gasteiger partial charge in [0.2, 0.25) is 0 Å². The van der Waals surface area contributed by atoms with Crippen molar-refractivity contribution >= 4 is 43.2 Å². The van der Waals surface area contributed by atoms with Crippen LogP contribution >= 0.6 is 43.2 Å². The van der Waals surface area contributed by atoms with Gasteiger partial charge in [0, 0.05) is 12.8 Å². The van der Waals surface area contributed by atoms with Crippen LogP contribution in [0.3, 0.4) is 0 Å². The normalized spacial score (nSPS) is 9.55. The Kier molecular flexibility index (Phi) is 3.49. The lowest BCUT2D eigenvalue weighted by Crippen LogP contribution is -1.83. The first-order valence-corrected chi connectivity index (χ1v) is 5.32. The molecule has 0 bridgehead atoms. The van der Waals surface area contributed by atoms with Gasteiger partial charge in [0.05, 0.1) is 15.5 Å². The summed E-state index contributed by atoms with van der Waals surface area (Å²) in [6.45, 7) is 0. The van der Waals surface area contributed by atoms with E-state index in [-0.39, 0.29) is 0 Å². The highest BCUT2D eigenvalue weighted by atomic mass is 79.9. The Bertz CT molecular complexity index is 289. The molecule has 0 unspecified atom stereocenters. The summed E-state index contributed by atoms with van der Waals surface area (Å²) in [4.78, 5) is 4.18. The number of hydrogen-bond donors (Lipinski definition) is 0. The summed E-state index contributed by atoms with van der Waals surface area (Å²) in [6, 6.07) is 2.08. The zero-order valence-corrected chi connectivity index (χ0v) is 9.46. The molecule has 0 radical (unpaired) electrons. The van der Waals surface area contributed by atoms with E-state index in [9.17, 15) is 0 Å². The molecule has 5 heteroatoms. The van der Waals surface area contributed by atoms with Crippen molar-refractivity contribution in [2.75, 3.05) is 0 Å². The second kappa shape index (κ2) is 4.19.